The second-order valence-electron chi connectivity index (χ2n) is 6.40. The summed E-state index contributed by atoms with van der Waals surface area (Å²) in [5, 5.41) is 3.37. The van der Waals surface area contributed by atoms with Crippen LogP contribution in [0.1, 0.15) is 59.0 Å². The molecule has 2 rings (SSSR count). The van der Waals surface area contributed by atoms with Gasteiger partial charge in [-0.05, 0) is 42.4 Å². The number of aromatic nitrogens is 2. The minimum Gasteiger partial charge on any atom is -0.369 e. The number of nitrogens with zero attached hydrogens (tertiary/aromatic N) is 2. The third-order valence-electron chi connectivity index (χ3n) is 3.45. The van der Waals surface area contributed by atoms with Crippen LogP contribution in [0.25, 0.3) is 0 Å². The van der Waals surface area contributed by atoms with E-state index < -0.39 is 0 Å². The first-order chi connectivity index (χ1) is 8.28. The van der Waals surface area contributed by atoms with E-state index in [2.05, 4.69) is 62.5 Å². The van der Waals surface area contributed by atoms with Crippen molar-refractivity contribution in [1.29, 1.82) is 0 Å². The molecule has 0 amide bonds. The van der Waals surface area contributed by atoms with Gasteiger partial charge in [0.2, 0.25) is 0 Å². The van der Waals surface area contributed by atoms with E-state index >= 15 is 0 Å². The van der Waals surface area contributed by atoms with Gasteiger partial charge >= 0.3 is 0 Å². The zero-order valence-electron chi connectivity index (χ0n) is 11.9. The maximum Gasteiger partial charge on any atom is 0.143 e. The molecule has 0 aromatic carbocycles. The van der Waals surface area contributed by atoms with Gasteiger partial charge < -0.3 is 5.32 Å². The predicted octanol–water partition coefficient (Wildman–Crippen LogP) is 3.86. The van der Waals surface area contributed by atoms with Crippen LogP contribution in [-0.2, 0) is 10.8 Å². The minimum atomic E-state index is 0.0592. The normalized spacial score (nSPS) is 17.7. The number of halogens is 1. The Kier molecular flexibility index (Phi) is 3.60. The number of anilines is 1. The van der Waals surface area contributed by atoms with Crippen molar-refractivity contribution < 1.29 is 0 Å². The van der Waals surface area contributed by atoms with E-state index in [1.54, 1.807) is 0 Å². The summed E-state index contributed by atoms with van der Waals surface area (Å²) in [5.74, 6) is 2.02. The largest absolute Gasteiger partial charge is 0.369 e. The first-order valence-electron chi connectivity index (χ1n) is 6.60. The molecule has 0 saturated heterocycles. The van der Waals surface area contributed by atoms with E-state index in [9.17, 15) is 0 Å². The predicted molar refractivity (Wildman–Crippen MR) is 84.2 cm³/mol. The Morgan fingerprint density at radius 1 is 1.28 bits per heavy atom. The quantitative estimate of drug-likeness (QED) is 0.833. The Morgan fingerprint density at radius 3 is 2.33 bits per heavy atom. The van der Waals surface area contributed by atoms with E-state index in [0.717, 1.165) is 27.5 Å². The van der Waals surface area contributed by atoms with Gasteiger partial charge in [-0.15, -0.1) is 0 Å². The third kappa shape index (κ3) is 2.63. The summed E-state index contributed by atoms with van der Waals surface area (Å²) < 4.78 is 1.16. The molecule has 100 valence electrons. The Balaban J connectivity index is 2.54. The molecular weight excluding hydrogens is 337 g/mol. The lowest BCUT2D eigenvalue weighted by Gasteiger charge is -2.23. The van der Waals surface area contributed by atoms with E-state index in [1.165, 1.54) is 12.8 Å². The van der Waals surface area contributed by atoms with Crippen molar-refractivity contribution in [3.63, 3.8) is 0 Å². The fourth-order valence-corrected chi connectivity index (χ4v) is 3.15. The summed E-state index contributed by atoms with van der Waals surface area (Å²) in [6, 6.07) is 0. The number of hydrogen-bond acceptors (Lipinski definition) is 3. The Labute approximate surface area is 123 Å². The maximum atomic E-state index is 4.86. The molecule has 1 aliphatic carbocycles. The fourth-order valence-electron chi connectivity index (χ4n) is 1.91. The van der Waals surface area contributed by atoms with Crippen LogP contribution in [0.2, 0.25) is 0 Å². The summed E-state index contributed by atoms with van der Waals surface area (Å²) >= 11 is 2.37. The molecule has 0 aliphatic heterocycles. The third-order valence-corrected chi connectivity index (χ3v) is 4.47. The molecule has 1 heterocycles. The molecule has 1 aromatic heterocycles. The Morgan fingerprint density at radius 2 is 1.89 bits per heavy atom. The van der Waals surface area contributed by atoms with E-state index in [4.69, 9.17) is 9.97 Å². The number of hydrogen-bond donors (Lipinski definition) is 1. The zero-order chi connectivity index (χ0) is 13.6. The highest BCUT2D eigenvalue weighted by Crippen LogP contribution is 2.47. The second-order valence-corrected chi connectivity index (χ2v) is 7.48. The monoisotopic (exact) mass is 359 g/mol. The van der Waals surface area contributed by atoms with Crippen molar-refractivity contribution in [2.75, 3.05) is 11.9 Å². The molecule has 1 aliphatic rings. The van der Waals surface area contributed by atoms with Crippen molar-refractivity contribution in [1.82, 2.24) is 9.97 Å². The molecule has 0 radical (unpaired) electrons. The van der Waals surface area contributed by atoms with Gasteiger partial charge in [0.15, 0.2) is 0 Å². The van der Waals surface area contributed by atoms with Crippen LogP contribution in [0.15, 0.2) is 0 Å². The summed E-state index contributed by atoms with van der Waals surface area (Å²) in [4.78, 5) is 9.60. The van der Waals surface area contributed by atoms with Gasteiger partial charge in [-0.1, -0.05) is 27.7 Å². The minimum absolute atomic E-state index is 0.0592. The summed E-state index contributed by atoms with van der Waals surface area (Å²) in [6.45, 7) is 11.9. The van der Waals surface area contributed by atoms with Crippen LogP contribution in [0.5, 0.6) is 0 Å². The van der Waals surface area contributed by atoms with E-state index in [-0.39, 0.29) is 10.8 Å². The average molecular weight is 359 g/mol. The van der Waals surface area contributed by atoms with Crippen molar-refractivity contribution in [2.45, 2.75) is 58.3 Å². The lowest BCUT2D eigenvalue weighted by Crippen LogP contribution is -2.22. The lowest BCUT2D eigenvalue weighted by molar-refractivity contribution is 0.550. The molecule has 1 fully saturated rings. The van der Waals surface area contributed by atoms with Crippen LogP contribution >= 0.6 is 22.6 Å². The molecule has 0 unspecified atom stereocenters. The van der Waals surface area contributed by atoms with E-state index in [1.807, 2.05) is 0 Å². The standard InChI is InChI=1S/C14H22IN3/c1-6-16-11-9(15)10(13(2,3)4)17-12(18-11)14(5)7-8-14/h6-8H2,1-5H3,(H,16,17,18). The molecule has 1 saturated carbocycles. The van der Waals surface area contributed by atoms with Gasteiger partial charge in [-0.2, -0.15) is 0 Å². The molecule has 3 nitrogen and oxygen atoms in total. The van der Waals surface area contributed by atoms with Gasteiger partial charge in [0, 0.05) is 17.4 Å². The zero-order valence-corrected chi connectivity index (χ0v) is 14.1. The second kappa shape index (κ2) is 4.62. The van der Waals surface area contributed by atoms with Gasteiger partial charge in [0.1, 0.15) is 11.6 Å². The summed E-state index contributed by atoms with van der Waals surface area (Å²) in [6.07, 6.45) is 2.42. The molecule has 4 heteroatoms. The van der Waals surface area contributed by atoms with Crippen LogP contribution in [0, 0.1) is 3.57 Å². The molecule has 1 aromatic rings. The van der Waals surface area contributed by atoms with Crippen molar-refractivity contribution in [3.05, 3.63) is 15.1 Å². The Bertz CT molecular complexity index is 459. The topological polar surface area (TPSA) is 37.8 Å². The van der Waals surface area contributed by atoms with Crippen LogP contribution in [0.3, 0.4) is 0 Å². The Hall–Kier alpha value is -0.390. The molecule has 0 spiro atoms. The molecule has 1 N–H and O–H groups in total. The maximum absolute atomic E-state index is 4.86. The number of rotatable bonds is 3. The van der Waals surface area contributed by atoms with Gasteiger partial charge in [0.05, 0.1) is 9.26 Å². The first kappa shape index (κ1) is 14.0. The highest BCUT2D eigenvalue weighted by Gasteiger charge is 2.43. The smallest absolute Gasteiger partial charge is 0.143 e. The molecular formula is C14H22IN3. The van der Waals surface area contributed by atoms with Gasteiger partial charge in [0.25, 0.3) is 0 Å². The molecule has 0 atom stereocenters. The highest BCUT2D eigenvalue weighted by atomic mass is 127. The van der Waals surface area contributed by atoms with Crippen LogP contribution in [-0.4, -0.2) is 16.5 Å². The van der Waals surface area contributed by atoms with Crippen molar-refractivity contribution in [3.8, 4) is 0 Å². The number of nitrogens with one attached hydrogen (secondary N) is 1. The van der Waals surface area contributed by atoms with Crippen LogP contribution in [0.4, 0.5) is 5.82 Å². The lowest BCUT2D eigenvalue weighted by atomic mass is 9.91. The molecule has 0 bridgehead atoms. The van der Waals surface area contributed by atoms with Crippen molar-refractivity contribution in [2.24, 2.45) is 0 Å². The van der Waals surface area contributed by atoms with E-state index in [0.29, 0.717) is 0 Å². The van der Waals surface area contributed by atoms with Gasteiger partial charge in [-0.25, -0.2) is 9.97 Å². The SMILES string of the molecule is CCNc1nc(C2(C)CC2)nc(C(C)(C)C)c1I. The van der Waals surface area contributed by atoms with Gasteiger partial charge in [-0.3, -0.25) is 0 Å². The molecule has 18 heavy (non-hydrogen) atoms. The average Bonchev–Trinajstić information content (AvgIpc) is 2.99. The van der Waals surface area contributed by atoms with Crippen molar-refractivity contribution >= 4 is 28.4 Å². The fraction of sp³-hybridized carbons (Fsp3) is 0.714. The van der Waals surface area contributed by atoms with Crippen LogP contribution < -0.4 is 5.32 Å². The summed E-state index contributed by atoms with van der Waals surface area (Å²) in [7, 11) is 0. The summed E-state index contributed by atoms with van der Waals surface area (Å²) in [5.41, 5.74) is 1.44. The first-order valence-corrected chi connectivity index (χ1v) is 7.68. The highest BCUT2D eigenvalue weighted by molar-refractivity contribution is 14.1.